The predicted molar refractivity (Wildman–Crippen MR) is 43.2 cm³/mol. The van der Waals surface area contributed by atoms with Gasteiger partial charge in [-0.2, -0.15) is 0 Å². The molecule has 0 aromatic heterocycles. The first-order valence-electron chi connectivity index (χ1n) is 3.18. The van der Waals surface area contributed by atoms with Crippen molar-refractivity contribution in [2.45, 2.75) is 27.7 Å². The summed E-state index contributed by atoms with van der Waals surface area (Å²) in [7, 11) is 0. The fourth-order valence-electron chi connectivity index (χ4n) is 0.556. The van der Waals surface area contributed by atoms with Gasteiger partial charge in [-0.15, -0.1) is 0 Å². The normalized spacial score (nSPS) is 9.44. The van der Waals surface area contributed by atoms with Crippen LogP contribution in [0.1, 0.15) is 27.7 Å². The first-order valence-corrected chi connectivity index (χ1v) is 3.18. The number of hydrogen-bond acceptors (Lipinski definition) is 0. The monoisotopic (exact) mass is 123 g/mol. The molecule has 0 unspecified atom stereocenters. The summed E-state index contributed by atoms with van der Waals surface area (Å²) in [6, 6.07) is 0. The van der Waals surface area contributed by atoms with Crippen LogP contribution >= 0.6 is 0 Å². The summed E-state index contributed by atoms with van der Waals surface area (Å²) in [5.74, 6) is 1.27. The standard InChI is InChI=1S/C9H15/c1-7(2)6-9(5)8(3)4/h6H,3H2,1-2,4-5H3. The lowest BCUT2D eigenvalue weighted by Gasteiger charge is -2.03. The van der Waals surface area contributed by atoms with Gasteiger partial charge in [0.2, 0.25) is 0 Å². The van der Waals surface area contributed by atoms with Gasteiger partial charge in [-0.05, 0) is 20.8 Å². The van der Waals surface area contributed by atoms with E-state index in [0.717, 1.165) is 5.57 Å². The Morgan fingerprint density at radius 3 is 1.67 bits per heavy atom. The van der Waals surface area contributed by atoms with Crippen LogP contribution in [0.4, 0.5) is 0 Å². The van der Waals surface area contributed by atoms with Crippen molar-refractivity contribution >= 4 is 0 Å². The fraction of sp³-hybridized carbons (Fsp3) is 0.444. The van der Waals surface area contributed by atoms with Crippen molar-refractivity contribution in [1.82, 2.24) is 0 Å². The van der Waals surface area contributed by atoms with E-state index in [9.17, 15) is 0 Å². The molecule has 0 fully saturated rings. The Morgan fingerprint density at radius 2 is 1.56 bits per heavy atom. The molecule has 0 amide bonds. The molecular formula is C9H15. The van der Waals surface area contributed by atoms with Crippen LogP contribution in [0.2, 0.25) is 0 Å². The van der Waals surface area contributed by atoms with E-state index in [4.69, 9.17) is 0 Å². The van der Waals surface area contributed by atoms with Crippen molar-refractivity contribution in [3.63, 3.8) is 0 Å². The number of allylic oxidation sites excluding steroid dienone is 3. The number of rotatable bonds is 2. The lowest BCUT2D eigenvalue weighted by atomic mass is 10.0. The molecule has 0 heterocycles. The van der Waals surface area contributed by atoms with Gasteiger partial charge in [0.05, 0.1) is 0 Å². The summed E-state index contributed by atoms with van der Waals surface area (Å²) < 4.78 is 0. The zero-order chi connectivity index (χ0) is 7.44. The van der Waals surface area contributed by atoms with Crippen molar-refractivity contribution in [2.24, 2.45) is 0 Å². The minimum Gasteiger partial charge on any atom is -0.0992 e. The molecular weight excluding hydrogens is 108 g/mol. The summed E-state index contributed by atoms with van der Waals surface area (Å²) >= 11 is 0. The summed E-state index contributed by atoms with van der Waals surface area (Å²) in [5.41, 5.74) is 2.48. The van der Waals surface area contributed by atoms with Crippen LogP contribution in [0.5, 0.6) is 0 Å². The Labute approximate surface area is 58.3 Å². The van der Waals surface area contributed by atoms with Crippen molar-refractivity contribution in [2.75, 3.05) is 0 Å². The van der Waals surface area contributed by atoms with E-state index < -0.39 is 0 Å². The Kier molecular flexibility index (Phi) is 3.29. The third-order valence-electron chi connectivity index (χ3n) is 1.18. The molecule has 51 valence electrons. The first-order chi connectivity index (χ1) is 4.04. The first kappa shape index (κ1) is 8.48. The van der Waals surface area contributed by atoms with Crippen molar-refractivity contribution in [3.05, 3.63) is 29.7 Å². The molecule has 0 saturated heterocycles. The maximum Gasteiger partial charge on any atom is 0.0185 e. The summed E-state index contributed by atoms with van der Waals surface area (Å²) in [5, 5.41) is 0. The van der Waals surface area contributed by atoms with Crippen molar-refractivity contribution in [1.29, 1.82) is 0 Å². The van der Waals surface area contributed by atoms with Crippen LogP contribution < -0.4 is 0 Å². The second-order valence-corrected chi connectivity index (χ2v) is 2.69. The Morgan fingerprint density at radius 1 is 1.11 bits per heavy atom. The van der Waals surface area contributed by atoms with E-state index in [1.807, 2.05) is 6.92 Å². The maximum atomic E-state index is 3.83. The molecule has 0 rings (SSSR count). The van der Waals surface area contributed by atoms with Crippen LogP contribution in [0.15, 0.2) is 23.8 Å². The van der Waals surface area contributed by atoms with E-state index in [1.165, 1.54) is 11.5 Å². The van der Waals surface area contributed by atoms with Gasteiger partial charge in [0.15, 0.2) is 0 Å². The lowest BCUT2D eigenvalue weighted by molar-refractivity contribution is 1.18. The fourth-order valence-corrected chi connectivity index (χ4v) is 0.556. The highest BCUT2D eigenvalue weighted by atomic mass is 14.0. The molecule has 9 heavy (non-hydrogen) atoms. The Hall–Kier alpha value is -0.520. The highest BCUT2D eigenvalue weighted by Crippen LogP contribution is 2.12. The molecule has 0 atom stereocenters. The molecule has 0 aliphatic rings. The lowest BCUT2D eigenvalue weighted by Crippen LogP contribution is -1.86. The summed E-state index contributed by atoms with van der Waals surface area (Å²) in [4.78, 5) is 0. The topological polar surface area (TPSA) is 0 Å². The molecule has 0 aliphatic carbocycles. The van der Waals surface area contributed by atoms with E-state index in [1.54, 1.807) is 0 Å². The minimum absolute atomic E-state index is 1.15. The van der Waals surface area contributed by atoms with Crippen molar-refractivity contribution < 1.29 is 0 Å². The largest absolute Gasteiger partial charge is 0.0992 e. The third kappa shape index (κ3) is 4.01. The zero-order valence-corrected chi connectivity index (χ0v) is 6.78. The summed E-state index contributed by atoms with van der Waals surface area (Å²) in [6.45, 7) is 12.1. The van der Waals surface area contributed by atoms with Gasteiger partial charge in [-0.25, -0.2) is 0 Å². The maximum absolute atomic E-state index is 3.83. The second kappa shape index (κ2) is 3.49. The smallest absolute Gasteiger partial charge is 0.0185 e. The Balaban J connectivity index is 3.91. The van der Waals surface area contributed by atoms with Gasteiger partial charge in [-0.1, -0.05) is 30.7 Å². The van der Waals surface area contributed by atoms with Crippen LogP contribution in [0, 0.1) is 5.92 Å². The van der Waals surface area contributed by atoms with Crippen molar-refractivity contribution in [3.8, 4) is 0 Å². The van der Waals surface area contributed by atoms with E-state index in [-0.39, 0.29) is 0 Å². The summed E-state index contributed by atoms with van der Waals surface area (Å²) in [6.07, 6.45) is 2.14. The molecule has 0 heteroatoms. The molecule has 1 radical (unpaired) electrons. The van der Waals surface area contributed by atoms with Crippen LogP contribution in [-0.2, 0) is 0 Å². The molecule has 0 aromatic rings. The van der Waals surface area contributed by atoms with Crippen LogP contribution in [0.25, 0.3) is 0 Å². The predicted octanol–water partition coefficient (Wildman–Crippen LogP) is 3.12. The van der Waals surface area contributed by atoms with Gasteiger partial charge in [0.25, 0.3) is 0 Å². The van der Waals surface area contributed by atoms with Gasteiger partial charge < -0.3 is 0 Å². The Bertz CT molecular complexity index is 125. The molecule has 0 saturated carbocycles. The van der Waals surface area contributed by atoms with Crippen LogP contribution in [0.3, 0.4) is 0 Å². The highest BCUT2D eigenvalue weighted by Gasteiger charge is 1.96. The molecule has 0 N–H and O–H groups in total. The van der Waals surface area contributed by atoms with E-state index in [0.29, 0.717) is 0 Å². The third-order valence-corrected chi connectivity index (χ3v) is 1.18. The van der Waals surface area contributed by atoms with Gasteiger partial charge in [0, 0.05) is 5.92 Å². The molecule has 0 aromatic carbocycles. The molecule has 0 bridgehead atoms. The quantitative estimate of drug-likeness (QED) is 0.529. The molecule has 0 spiro atoms. The van der Waals surface area contributed by atoms with E-state index in [2.05, 4.69) is 33.4 Å². The van der Waals surface area contributed by atoms with Gasteiger partial charge in [0.1, 0.15) is 0 Å². The number of hydrogen-bond donors (Lipinski definition) is 0. The average Bonchev–Trinajstić information content (AvgIpc) is 1.63. The molecule has 0 aliphatic heterocycles. The van der Waals surface area contributed by atoms with E-state index >= 15 is 0 Å². The highest BCUT2D eigenvalue weighted by molar-refractivity contribution is 5.28. The molecule has 0 nitrogen and oxygen atoms in total. The zero-order valence-electron chi connectivity index (χ0n) is 6.78. The average molecular weight is 123 g/mol. The van der Waals surface area contributed by atoms with Gasteiger partial charge in [-0.3, -0.25) is 0 Å². The van der Waals surface area contributed by atoms with Crippen LogP contribution in [-0.4, -0.2) is 0 Å². The minimum atomic E-state index is 1.15. The van der Waals surface area contributed by atoms with Gasteiger partial charge >= 0.3 is 0 Å². The second-order valence-electron chi connectivity index (χ2n) is 2.69. The SMILES string of the molecule is C=C(C)[C](C)C=C(C)C.